The van der Waals surface area contributed by atoms with Gasteiger partial charge in [-0.25, -0.2) is 9.18 Å². The summed E-state index contributed by atoms with van der Waals surface area (Å²) in [6, 6.07) is 4.49. The molecule has 24 heavy (non-hydrogen) atoms. The summed E-state index contributed by atoms with van der Waals surface area (Å²) >= 11 is 0. The first-order valence-corrected chi connectivity index (χ1v) is 8.69. The molecule has 1 saturated carbocycles. The number of hydrogen-bond acceptors (Lipinski definition) is 3. The van der Waals surface area contributed by atoms with E-state index in [9.17, 15) is 9.18 Å². The van der Waals surface area contributed by atoms with Crippen LogP contribution in [-0.2, 0) is 4.74 Å². The summed E-state index contributed by atoms with van der Waals surface area (Å²) in [4.78, 5) is 14.1. The second kappa shape index (κ2) is 7.83. The normalized spacial score (nSPS) is 19.5. The van der Waals surface area contributed by atoms with Crippen molar-refractivity contribution in [2.24, 2.45) is 5.92 Å². The summed E-state index contributed by atoms with van der Waals surface area (Å²) in [5, 5.41) is 2.92. The number of benzene rings is 1. The van der Waals surface area contributed by atoms with Gasteiger partial charge in [0.05, 0.1) is 19.3 Å². The van der Waals surface area contributed by atoms with Crippen molar-refractivity contribution >= 4 is 6.03 Å². The van der Waals surface area contributed by atoms with E-state index in [0.717, 1.165) is 12.0 Å². The van der Waals surface area contributed by atoms with Crippen molar-refractivity contribution in [1.29, 1.82) is 0 Å². The van der Waals surface area contributed by atoms with Gasteiger partial charge in [-0.2, -0.15) is 0 Å². The Morgan fingerprint density at radius 2 is 2.25 bits per heavy atom. The molecule has 6 heteroatoms. The molecule has 1 aliphatic heterocycles. The van der Waals surface area contributed by atoms with Crippen molar-refractivity contribution in [1.82, 2.24) is 10.2 Å². The molecule has 1 saturated heterocycles. The highest BCUT2D eigenvalue weighted by molar-refractivity contribution is 5.74. The lowest BCUT2D eigenvalue weighted by molar-refractivity contribution is 0.142. The first kappa shape index (κ1) is 17.0. The van der Waals surface area contributed by atoms with E-state index in [1.54, 1.807) is 11.0 Å². The van der Waals surface area contributed by atoms with Crippen LogP contribution in [0.15, 0.2) is 18.2 Å². The van der Waals surface area contributed by atoms with Gasteiger partial charge >= 0.3 is 6.03 Å². The molecule has 0 spiro atoms. The molecule has 0 bridgehead atoms. The van der Waals surface area contributed by atoms with Crippen molar-refractivity contribution in [3.05, 3.63) is 29.6 Å². The third-order valence-electron chi connectivity index (χ3n) is 4.48. The molecule has 2 aliphatic rings. The average molecular weight is 336 g/mol. The lowest BCUT2D eigenvalue weighted by atomic mass is 10.1. The molecule has 3 rings (SSSR count). The van der Waals surface area contributed by atoms with Crippen LogP contribution in [0, 0.1) is 11.7 Å². The van der Waals surface area contributed by atoms with Crippen molar-refractivity contribution in [2.45, 2.75) is 32.2 Å². The van der Waals surface area contributed by atoms with Crippen molar-refractivity contribution < 1.29 is 18.7 Å². The van der Waals surface area contributed by atoms with E-state index in [1.807, 2.05) is 13.0 Å². The molecule has 1 aromatic rings. The van der Waals surface area contributed by atoms with Gasteiger partial charge in [0.15, 0.2) is 11.6 Å². The van der Waals surface area contributed by atoms with Crippen LogP contribution < -0.4 is 10.1 Å². The SMILES string of the molecule is C[C@@H](NC(=O)N1CCCOCC1)c1ccc(OCC2CC2)c(F)c1. The van der Waals surface area contributed by atoms with E-state index in [0.29, 0.717) is 38.8 Å². The summed E-state index contributed by atoms with van der Waals surface area (Å²) in [7, 11) is 0. The minimum absolute atomic E-state index is 0.137. The first-order chi connectivity index (χ1) is 11.6. The Kier molecular flexibility index (Phi) is 5.56. The molecule has 1 aromatic carbocycles. The standard InChI is InChI=1S/C18H25FN2O3/c1-13(20-18(22)21-7-2-9-23-10-8-21)15-5-6-17(16(19)11-15)24-12-14-3-4-14/h5-6,11,13-14H,2-4,7-10,12H2,1H3,(H,20,22)/t13-/m1/s1. The minimum atomic E-state index is -0.377. The Morgan fingerprint density at radius 1 is 1.42 bits per heavy atom. The Morgan fingerprint density at radius 3 is 3.00 bits per heavy atom. The summed E-state index contributed by atoms with van der Waals surface area (Å²) in [5.74, 6) is 0.492. The van der Waals surface area contributed by atoms with Crippen LogP contribution in [-0.4, -0.2) is 43.8 Å². The number of urea groups is 1. The summed E-state index contributed by atoms with van der Waals surface area (Å²) in [6.45, 7) is 4.95. The zero-order valence-corrected chi connectivity index (χ0v) is 14.1. The molecule has 132 valence electrons. The van der Waals surface area contributed by atoms with Gasteiger partial charge in [-0.3, -0.25) is 0 Å². The fourth-order valence-electron chi connectivity index (χ4n) is 2.70. The van der Waals surface area contributed by atoms with Gasteiger partial charge in [-0.05, 0) is 49.8 Å². The van der Waals surface area contributed by atoms with Crippen LogP contribution in [0.25, 0.3) is 0 Å². The largest absolute Gasteiger partial charge is 0.490 e. The third kappa shape index (κ3) is 4.60. The number of amides is 2. The van der Waals surface area contributed by atoms with Gasteiger partial charge in [0.1, 0.15) is 0 Å². The van der Waals surface area contributed by atoms with Crippen LogP contribution in [0.1, 0.15) is 37.8 Å². The molecule has 2 amide bonds. The van der Waals surface area contributed by atoms with Crippen LogP contribution in [0.2, 0.25) is 0 Å². The summed E-state index contributed by atoms with van der Waals surface area (Å²) < 4.78 is 25.0. The topological polar surface area (TPSA) is 50.8 Å². The molecular weight excluding hydrogens is 311 g/mol. The van der Waals surface area contributed by atoms with Gasteiger partial charge < -0.3 is 19.7 Å². The number of nitrogens with zero attached hydrogens (tertiary/aromatic N) is 1. The van der Waals surface area contributed by atoms with Crippen LogP contribution in [0.5, 0.6) is 5.75 Å². The maximum absolute atomic E-state index is 14.2. The second-order valence-corrected chi connectivity index (χ2v) is 6.57. The lowest BCUT2D eigenvalue weighted by Gasteiger charge is -2.23. The molecule has 5 nitrogen and oxygen atoms in total. The summed E-state index contributed by atoms with van der Waals surface area (Å²) in [6.07, 6.45) is 3.18. The molecular formula is C18H25FN2O3. The minimum Gasteiger partial charge on any atom is -0.490 e. The number of hydrogen-bond donors (Lipinski definition) is 1. The zero-order valence-electron chi connectivity index (χ0n) is 14.1. The fourth-order valence-corrected chi connectivity index (χ4v) is 2.70. The average Bonchev–Trinajstić information content (AvgIpc) is 3.40. The van der Waals surface area contributed by atoms with E-state index in [1.165, 1.54) is 18.9 Å². The highest BCUT2D eigenvalue weighted by Gasteiger charge is 2.23. The van der Waals surface area contributed by atoms with Crippen molar-refractivity contribution in [3.8, 4) is 5.75 Å². The van der Waals surface area contributed by atoms with E-state index in [-0.39, 0.29) is 23.6 Å². The number of carbonyl (C=O) groups is 1. The highest BCUT2D eigenvalue weighted by Crippen LogP contribution is 2.30. The van der Waals surface area contributed by atoms with E-state index in [2.05, 4.69) is 5.32 Å². The second-order valence-electron chi connectivity index (χ2n) is 6.57. The highest BCUT2D eigenvalue weighted by atomic mass is 19.1. The predicted molar refractivity (Wildman–Crippen MR) is 88.6 cm³/mol. The maximum atomic E-state index is 14.2. The van der Waals surface area contributed by atoms with E-state index < -0.39 is 0 Å². The molecule has 0 unspecified atom stereocenters. The fraction of sp³-hybridized carbons (Fsp3) is 0.611. The molecule has 1 N–H and O–H groups in total. The molecule has 0 aromatic heterocycles. The van der Waals surface area contributed by atoms with E-state index >= 15 is 0 Å². The smallest absolute Gasteiger partial charge is 0.317 e. The number of ether oxygens (including phenoxy) is 2. The monoisotopic (exact) mass is 336 g/mol. The number of nitrogens with one attached hydrogen (secondary N) is 1. The van der Waals surface area contributed by atoms with Gasteiger partial charge in [-0.15, -0.1) is 0 Å². The van der Waals surface area contributed by atoms with E-state index in [4.69, 9.17) is 9.47 Å². The maximum Gasteiger partial charge on any atom is 0.317 e. The van der Waals surface area contributed by atoms with Crippen LogP contribution >= 0.6 is 0 Å². The first-order valence-electron chi connectivity index (χ1n) is 8.69. The Hall–Kier alpha value is -1.82. The number of rotatable bonds is 5. The number of halogens is 1. The molecule has 2 fully saturated rings. The van der Waals surface area contributed by atoms with Gasteiger partial charge in [0, 0.05) is 19.7 Å². The van der Waals surface area contributed by atoms with Crippen LogP contribution in [0.4, 0.5) is 9.18 Å². The molecule has 1 atom stereocenters. The number of carbonyl (C=O) groups excluding carboxylic acids is 1. The van der Waals surface area contributed by atoms with Crippen LogP contribution in [0.3, 0.4) is 0 Å². The summed E-state index contributed by atoms with van der Waals surface area (Å²) in [5.41, 5.74) is 0.727. The third-order valence-corrected chi connectivity index (χ3v) is 4.48. The zero-order chi connectivity index (χ0) is 16.9. The van der Waals surface area contributed by atoms with Crippen molar-refractivity contribution in [2.75, 3.05) is 32.9 Å². The Balaban J connectivity index is 1.56. The lowest BCUT2D eigenvalue weighted by Crippen LogP contribution is -2.42. The molecule has 1 heterocycles. The van der Waals surface area contributed by atoms with Crippen molar-refractivity contribution in [3.63, 3.8) is 0 Å². The van der Waals surface area contributed by atoms with Gasteiger partial charge in [0.25, 0.3) is 0 Å². The van der Waals surface area contributed by atoms with Gasteiger partial charge in [-0.1, -0.05) is 6.07 Å². The Bertz CT molecular complexity index is 569. The molecule has 1 aliphatic carbocycles. The quantitative estimate of drug-likeness (QED) is 0.899. The molecule has 0 radical (unpaired) electrons. The predicted octanol–water partition coefficient (Wildman–Crippen LogP) is 3.11. The van der Waals surface area contributed by atoms with Gasteiger partial charge in [0.2, 0.25) is 0 Å². The Labute approximate surface area is 142 Å².